The molecule has 0 radical (unpaired) electrons. The Balaban J connectivity index is 2.12. The fraction of sp³-hybridized carbons (Fsp3) is 0.786. The van der Waals surface area contributed by atoms with Gasteiger partial charge in [-0.2, -0.15) is 0 Å². The van der Waals surface area contributed by atoms with Crippen LogP contribution in [0.25, 0.3) is 0 Å². The van der Waals surface area contributed by atoms with Crippen LogP contribution in [-0.4, -0.2) is 35.6 Å². The van der Waals surface area contributed by atoms with Gasteiger partial charge in [0.1, 0.15) is 0 Å². The summed E-state index contributed by atoms with van der Waals surface area (Å²) < 4.78 is 0. The molecule has 1 fully saturated rings. The molecule has 0 saturated heterocycles. The molecule has 2 N–H and O–H groups in total. The van der Waals surface area contributed by atoms with Gasteiger partial charge in [-0.3, -0.25) is 4.98 Å². The minimum atomic E-state index is 0.181. The summed E-state index contributed by atoms with van der Waals surface area (Å²) in [6, 6.07) is 0.214. The lowest BCUT2D eigenvalue weighted by Crippen LogP contribution is -2.58. The van der Waals surface area contributed by atoms with E-state index in [1.54, 1.807) is 11.3 Å². The van der Waals surface area contributed by atoms with E-state index in [0.29, 0.717) is 0 Å². The zero-order valence-electron chi connectivity index (χ0n) is 11.6. The molecule has 4 heteroatoms. The smallest absolute Gasteiger partial charge is 0.0794 e. The van der Waals surface area contributed by atoms with Gasteiger partial charge in [-0.25, -0.2) is 0 Å². The van der Waals surface area contributed by atoms with Crippen LogP contribution < -0.4 is 5.73 Å². The maximum Gasteiger partial charge on any atom is 0.0794 e. The maximum atomic E-state index is 6.58. The minimum Gasteiger partial charge on any atom is -0.326 e. The van der Waals surface area contributed by atoms with Crippen LogP contribution >= 0.6 is 11.3 Å². The van der Waals surface area contributed by atoms with Crippen molar-refractivity contribution in [3.8, 4) is 0 Å². The Bertz CT molecular complexity index is 340. The Morgan fingerprint density at radius 2 is 2.00 bits per heavy atom. The molecular weight excluding hydrogens is 242 g/mol. The second-order valence-corrected chi connectivity index (χ2v) is 6.66. The number of likely N-dealkylation sites (N-methyl/N-ethyl adjacent to an activating group) is 1. The monoisotopic (exact) mass is 267 g/mol. The van der Waals surface area contributed by atoms with E-state index in [1.165, 1.54) is 43.4 Å². The van der Waals surface area contributed by atoms with E-state index >= 15 is 0 Å². The van der Waals surface area contributed by atoms with Gasteiger partial charge in [-0.05, 0) is 26.9 Å². The predicted molar refractivity (Wildman–Crippen MR) is 77.9 cm³/mol. The van der Waals surface area contributed by atoms with Crippen molar-refractivity contribution in [3.05, 3.63) is 16.6 Å². The largest absolute Gasteiger partial charge is 0.326 e. The summed E-state index contributed by atoms with van der Waals surface area (Å²) in [5, 5.41) is 0. The van der Waals surface area contributed by atoms with Crippen molar-refractivity contribution in [2.45, 2.75) is 56.5 Å². The lowest BCUT2D eigenvalue weighted by Gasteiger charge is -2.44. The lowest BCUT2D eigenvalue weighted by molar-refractivity contribution is 0.0971. The van der Waals surface area contributed by atoms with Gasteiger partial charge < -0.3 is 10.6 Å². The molecule has 0 spiro atoms. The molecule has 18 heavy (non-hydrogen) atoms. The normalized spacial score (nSPS) is 21.8. The SMILES string of the molecule is CN(C)C1(C(N)Cc2cncs2)CCCCCC1. The van der Waals surface area contributed by atoms with Crippen molar-refractivity contribution >= 4 is 11.3 Å². The summed E-state index contributed by atoms with van der Waals surface area (Å²) in [6.07, 6.45) is 10.8. The zero-order valence-corrected chi connectivity index (χ0v) is 12.4. The van der Waals surface area contributed by atoms with Crippen LogP contribution in [-0.2, 0) is 6.42 Å². The van der Waals surface area contributed by atoms with Gasteiger partial charge in [0.25, 0.3) is 0 Å². The predicted octanol–water partition coefficient (Wildman–Crippen LogP) is 2.67. The van der Waals surface area contributed by atoms with E-state index in [0.717, 1.165) is 6.42 Å². The number of thiazole rings is 1. The summed E-state index contributed by atoms with van der Waals surface area (Å²) in [5.74, 6) is 0. The molecule has 1 aromatic heterocycles. The Morgan fingerprint density at radius 3 is 2.50 bits per heavy atom. The first-order valence-corrected chi connectivity index (χ1v) is 7.83. The van der Waals surface area contributed by atoms with Gasteiger partial charge in [0.05, 0.1) is 5.51 Å². The summed E-state index contributed by atoms with van der Waals surface area (Å²) in [4.78, 5) is 7.85. The van der Waals surface area contributed by atoms with Crippen LogP contribution in [0.4, 0.5) is 0 Å². The van der Waals surface area contributed by atoms with E-state index in [9.17, 15) is 0 Å². The fourth-order valence-electron chi connectivity index (χ4n) is 3.24. The number of hydrogen-bond donors (Lipinski definition) is 1. The Labute approximate surface area is 114 Å². The van der Waals surface area contributed by atoms with Gasteiger partial charge in [0.2, 0.25) is 0 Å². The Morgan fingerprint density at radius 1 is 1.33 bits per heavy atom. The first kappa shape index (κ1) is 14.0. The highest BCUT2D eigenvalue weighted by Crippen LogP contribution is 2.34. The summed E-state index contributed by atoms with van der Waals surface area (Å²) in [7, 11) is 4.38. The highest BCUT2D eigenvalue weighted by atomic mass is 32.1. The van der Waals surface area contributed by atoms with Crippen LogP contribution in [0.3, 0.4) is 0 Å². The van der Waals surface area contributed by atoms with E-state index in [4.69, 9.17) is 5.73 Å². The van der Waals surface area contributed by atoms with Crippen molar-refractivity contribution < 1.29 is 0 Å². The quantitative estimate of drug-likeness (QED) is 0.853. The molecule has 1 aliphatic carbocycles. The van der Waals surface area contributed by atoms with Crippen molar-refractivity contribution in [2.75, 3.05) is 14.1 Å². The van der Waals surface area contributed by atoms with Gasteiger partial charge in [-0.1, -0.05) is 25.7 Å². The number of aromatic nitrogens is 1. The molecule has 102 valence electrons. The number of nitrogens with zero attached hydrogens (tertiary/aromatic N) is 2. The molecule has 2 rings (SSSR count). The van der Waals surface area contributed by atoms with E-state index < -0.39 is 0 Å². The fourth-order valence-corrected chi connectivity index (χ4v) is 3.89. The van der Waals surface area contributed by atoms with Crippen molar-refractivity contribution in [2.24, 2.45) is 5.73 Å². The topological polar surface area (TPSA) is 42.1 Å². The minimum absolute atomic E-state index is 0.181. The van der Waals surface area contributed by atoms with Crippen molar-refractivity contribution in [1.29, 1.82) is 0 Å². The Kier molecular flexibility index (Phi) is 4.76. The number of rotatable bonds is 4. The molecule has 1 atom stereocenters. The van der Waals surface area contributed by atoms with E-state index in [-0.39, 0.29) is 11.6 Å². The molecule has 3 nitrogen and oxygen atoms in total. The van der Waals surface area contributed by atoms with Gasteiger partial charge in [0, 0.05) is 29.1 Å². The van der Waals surface area contributed by atoms with Crippen LogP contribution in [0.15, 0.2) is 11.7 Å². The maximum absolute atomic E-state index is 6.58. The molecule has 0 aliphatic heterocycles. The van der Waals surface area contributed by atoms with Crippen molar-refractivity contribution in [3.63, 3.8) is 0 Å². The zero-order chi connectivity index (χ0) is 13.0. The molecule has 1 aromatic rings. The second-order valence-electron chi connectivity index (χ2n) is 5.69. The van der Waals surface area contributed by atoms with E-state index in [2.05, 4.69) is 24.0 Å². The average Bonchev–Trinajstić information content (AvgIpc) is 2.70. The molecule has 0 amide bonds. The van der Waals surface area contributed by atoms with Crippen molar-refractivity contribution in [1.82, 2.24) is 9.88 Å². The number of hydrogen-bond acceptors (Lipinski definition) is 4. The summed E-state index contributed by atoms with van der Waals surface area (Å²) >= 11 is 1.72. The lowest BCUT2D eigenvalue weighted by atomic mass is 9.80. The third-order valence-electron chi connectivity index (χ3n) is 4.45. The van der Waals surface area contributed by atoms with E-state index in [1.807, 2.05) is 11.7 Å². The molecular formula is C14H25N3S. The number of nitrogens with two attached hydrogens (primary N) is 1. The molecule has 0 bridgehead atoms. The van der Waals surface area contributed by atoms with Crippen LogP contribution in [0.2, 0.25) is 0 Å². The molecule has 1 heterocycles. The highest BCUT2D eigenvalue weighted by Gasteiger charge is 2.38. The van der Waals surface area contributed by atoms with Crippen LogP contribution in [0, 0.1) is 0 Å². The van der Waals surface area contributed by atoms with Gasteiger partial charge in [-0.15, -0.1) is 11.3 Å². The molecule has 1 unspecified atom stereocenters. The van der Waals surface area contributed by atoms with Crippen LogP contribution in [0.5, 0.6) is 0 Å². The van der Waals surface area contributed by atoms with Gasteiger partial charge >= 0.3 is 0 Å². The average molecular weight is 267 g/mol. The molecule has 1 aliphatic rings. The third kappa shape index (κ3) is 2.92. The van der Waals surface area contributed by atoms with Gasteiger partial charge in [0.15, 0.2) is 0 Å². The first-order chi connectivity index (χ1) is 8.65. The summed E-state index contributed by atoms with van der Waals surface area (Å²) in [6.45, 7) is 0. The highest BCUT2D eigenvalue weighted by molar-refractivity contribution is 7.09. The second kappa shape index (κ2) is 6.13. The molecule has 1 saturated carbocycles. The standard InChI is InChI=1S/C14H25N3S/c1-17(2)14(7-5-3-4-6-8-14)13(15)9-12-10-16-11-18-12/h10-11,13H,3-9,15H2,1-2H3. The summed E-state index contributed by atoms with van der Waals surface area (Å²) in [5.41, 5.74) is 8.66. The molecule has 0 aromatic carbocycles. The van der Waals surface area contributed by atoms with Crippen LogP contribution in [0.1, 0.15) is 43.4 Å². The third-order valence-corrected chi connectivity index (χ3v) is 5.26. The first-order valence-electron chi connectivity index (χ1n) is 6.95. The Hall–Kier alpha value is -0.450.